The van der Waals surface area contributed by atoms with Crippen LogP contribution < -0.4 is 5.32 Å². The normalized spacial score (nSPS) is 27.6. The maximum Gasteiger partial charge on any atom is 0.469 e. The van der Waals surface area contributed by atoms with Gasteiger partial charge in [-0.05, 0) is 64.9 Å². The zero-order chi connectivity index (χ0) is 52.9. The number of aliphatic hydroxyl groups excluding tert-OH is 5. The first-order valence-corrected chi connectivity index (χ1v) is 25.4. The SMILES string of the molecule is COC[C@@H]([C@H](O)[C@H](O)C(=O)NCC[C@H](C)c1nc(/C=C/C[C@@H]2O[C@]3(C[C@@H](O)[C@@H]2C)O[C@H]([C@H](C[C@H](O)[C@H](C)[C@H](O)[C@H](C)/C=C(C)/C(C)=C\C=C\C(C)=C\C#N)OC)[C@H](OP(=O)(O)O)C3(C)C)co1)N(C)C. The van der Waals surface area contributed by atoms with Gasteiger partial charge in [-0.25, -0.2) is 9.55 Å². The predicted octanol–water partition coefficient (Wildman–Crippen LogP) is 4.69. The van der Waals surface area contributed by atoms with Crippen molar-refractivity contribution >= 4 is 19.8 Å². The minimum absolute atomic E-state index is 0.0645. The number of allylic oxidation sites excluding steroid dienone is 7. The van der Waals surface area contributed by atoms with E-state index in [0.29, 0.717) is 18.0 Å². The number of phosphoric ester groups is 1. The number of nitrogens with one attached hydrogen (secondary N) is 1. The molecule has 1 amide bonds. The van der Waals surface area contributed by atoms with Crippen LogP contribution in [-0.4, -0.2) is 159 Å². The van der Waals surface area contributed by atoms with E-state index in [1.165, 1.54) is 26.6 Å². The first kappa shape index (κ1) is 60.9. The quantitative estimate of drug-likeness (QED) is 0.0355. The Balaban J connectivity index is 1.74. The molecular formula is C50H81N4O15P. The Kier molecular flexibility index (Phi) is 23.5. The van der Waals surface area contributed by atoms with E-state index in [2.05, 4.69) is 10.3 Å². The van der Waals surface area contributed by atoms with Crippen molar-refractivity contribution in [3.63, 3.8) is 0 Å². The number of carbonyl (C=O) groups is 1. The van der Waals surface area contributed by atoms with Crippen molar-refractivity contribution in [3.05, 3.63) is 71.0 Å². The summed E-state index contributed by atoms with van der Waals surface area (Å²) >= 11 is 0. The molecule has 19 nitrogen and oxygen atoms in total. The summed E-state index contributed by atoms with van der Waals surface area (Å²) in [4.78, 5) is 39.2. The topological polar surface area (TPSA) is 287 Å². The summed E-state index contributed by atoms with van der Waals surface area (Å²) in [6.07, 6.45) is 4.10. The number of likely N-dealkylation sites (N-methyl/N-ethyl adjacent to an activating group) is 1. The fourth-order valence-electron chi connectivity index (χ4n) is 8.96. The summed E-state index contributed by atoms with van der Waals surface area (Å²) < 4.78 is 48.2. The van der Waals surface area contributed by atoms with E-state index in [-0.39, 0.29) is 44.2 Å². The van der Waals surface area contributed by atoms with Crippen LogP contribution in [-0.2, 0) is 32.8 Å². The number of ether oxygens (including phenoxy) is 4. The zero-order valence-corrected chi connectivity index (χ0v) is 44.0. The molecule has 3 rings (SSSR count). The van der Waals surface area contributed by atoms with E-state index in [4.69, 9.17) is 33.2 Å². The van der Waals surface area contributed by atoms with Gasteiger partial charge in [0.05, 0.1) is 49.2 Å². The Morgan fingerprint density at radius 2 is 1.76 bits per heavy atom. The van der Waals surface area contributed by atoms with E-state index in [1.807, 2.05) is 78.0 Å². The van der Waals surface area contributed by atoms with Crippen LogP contribution in [0.15, 0.2) is 63.9 Å². The van der Waals surface area contributed by atoms with Crippen molar-refractivity contribution in [1.29, 1.82) is 5.26 Å². The van der Waals surface area contributed by atoms with Crippen LogP contribution in [0.25, 0.3) is 6.08 Å². The molecule has 1 aromatic heterocycles. The number of nitriles is 1. The van der Waals surface area contributed by atoms with E-state index >= 15 is 0 Å². The van der Waals surface area contributed by atoms with Gasteiger partial charge in [-0.1, -0.05) is 77.5 Å². The number of aliphatic hydroxyl groups is 5. The predicted molar refractivity (Wildman–Crippen MR) is 262 cm³/mol. The highest BCUT2D eigenvalue weighted by atomic mass is 31.2. The molecule has 0 unspecified atom stereocenters. The van der Waals surface area contributed by atoms with Gasteiger partial charge in [-0.2, -0.15) is 5.26 Å². The van der Waals surface area contributed by atoms with Gasteiger partial charge in [-0.3, -0.25) is 9.32 Å². The highest BCUT2D eigenvalue weighted by Crippen LogP contribution is 2.59. The number of amides is 1. The minimum Gasteiger partial charge on any atom is -0.448 e. The van der Waals surface area contributed by atoms with Crippen LogP contribution in [0, 0.1) is 34.5 Å². The molecule has 2 aliphatic rings. The molecular weight excluding hydrogens is 928 g/mol. The van der Waals surface area contributed by atoms with Gasteiger partial charge in [0.25, 0.3) is 5.91 Å². The summed E-state index contributed by atoms with van der Waals surface area (Å²) in [6, 6.07) is 1.40. The summed E-state index contributed by atoms with van der Waals surface area (Å²) in [7, 11) is 1.12. The Bertz CT molecular complexity index is 2080. The summed E-state index contributed by atoms with van der Waals surface area (Å²) in [6.45, 7) is 16.6. The number of rotatable bonds is 26. The number of nitrogens with zero attached hydrogens (tertiary/aromatic N) is 3. The summed E-state index contributed by atoms with van der Waals surface area (Å²) in [5.74, 6) is -3.63. The van der Waals surface area contributed by atoms with Gasteiger partial charge in [-0.15, -0.1) is 0 Å². The minimum atomic E-state index is -5.15. The van der Waals surface area contributed by atoms with Crippen molar-refractivity contribution in [2.75, 3.05) is 41.5 Å². The Morgan fingerprint density at radius 1 is 1.09 bits per heavy atom. The molecule has 0 aromatic carbocycles. The van der Waals surface area contributed by atoms with Crippen LogP contribution in [0.5, 0.6) is 0 Å². The van der Waals surface area contributed by atoms with Crippen molar-refractivity contribution < 1.29 is 72.6 Å². The Hall–Kier alpha value is -3.42. The first-order valence-electron chi connectivity index (χ1n) is 23.8. The van der Waals surface area contributed by atoms with Crippen LogP contribution >= 0.6 is 7.82 Å². The lowest BCUT2D eigenvalue weighted by molar-refractivity contribution is -0.334. The zero-order valence-electron chi connectivity index (χ0n) is 43.1. The number of hydrogen-bond acceptors (Lipinski definition) is 16. The van der Waals surface area contributed by atoms with Gasteiger partial charge in [0.1, 0.15) is 30.3 Å². The van der Waals surface area contributed by atoms with Crippen molar-refractivity contribution in [2.24, 2.45) is 23.2 Å². The third-order valence-corrected chi connectivity index (χ3v) is 14.5. The van der Waals surface area contributed by atoms with Gasteiger partial charge >= 0.3 is 7.82 Å². The third-order valence-electron chi connectivity index (χ3n) is 14.0. The Morgan fingerprint density at radius 3 is 2.36 bits per heavy atom. The molecule has 2 aliphatic heterocycles. The number of phosphoric acid groups is 1. The molecule has 0 bridgehead atoms. The number of oxazole rings is 1. The maximum absolute atomic E-state index is 12.6. The van der Waals surface area contributed by atoms with Crippen molar-refractivity contribution in [3.8, 4) is 6.07 Å². The van der Waals surface area contributed by atoms with Gasteiger partial charge in [0.15, 0.2) is 17.8 Å². The molecule has 1 aromatic rings. The fraction of sp³-hybridized carbons (Fsp3) is 0.700. The maximum atomic E-state index is 12.6. The van der Waals surface area contributed by atoms with Crippen LogP contribution in [0.1, 0.15) is 105 Å². The van der Waals surface area contributed by atoms with Crippen molar-refractivity contribution in [1.82, 2.24) is 15.2 Å². The van der Waals surface area contributed by atoms with Gasteiger partial charge < -0.3 is 68.9 Å². The molecule has 20 heteroatoms. The highest BCUT2D eigenvalue weighted by Gasteiger charge is 2.68. The molecule has 15 atom stereocenters. The molecule has 0 aliphatic carbocycles. The lowest BCUT2D eigenvalue weighted by Gasteiger charge is -2.50. The fourth-order valence-corrected chi connectivity index (χ4v) is 9.64. The molecule has 2 fully saturated rings. The van der Waals surface area contributed by atoms with Crippen LogP contribution in [0.2, 0.25) is 0 Å². The van der Waals surface area contributed by atoms with E-state index < -0.39 is 97.7 Å². The smallest absolute Gasteiger partial charge is 0.448 e. The molecule has 0 saturated carbocycles. The number of hydrogen-bond donors (Lipinski definition) is 8. The second-order valence-electron chi connectivity index (χ2n) is 19.9. The number of aromatic nitrogens is 1. The molecule has 396 valence electrons. The molecule has 2 saturated heterocycles. The summed E-state index contributed by atoms with van der Waals surface area (Å²) in [5, 5.41) is 67.1. The molecule has 3 heterocycles. The van der Waals surface area contributed by atoms with Crippen molar-refractivity contribution in [2.45, 2.75) is 161 Å². The van der Waals surface area contributed by atoms with Crippen LogP contribution in [0.4, 0.5) is 0 Å². The number of carbonyl (C=O) groups excluding carboxylic acids is 1. The summed E-state index contributed by atoms with van der Waals surface area (Å²) in [5.41, 5.74) is 1.87. The first-order chi connectivity index (χ1) is 32.6. The van der Waals surface area contributed by atoms with Gasteiger partial charge in [0, 0.05) is 68.8 Å². The monoisotopic (exact) mass is 1010 g/mol. The van der Waals surface area contributed by atoms with Crippen LogP contribution in [0.3, 0.4) is 0 Å². The van der Waals surface area contributed by atoms with E-state index in [1.54, 1.807) is 45.8 Å². The van der Waals surface area contributed by atoms with Gasteiger partial charge in [0.2, 0.25) is 0 Å². The average molecular weight is 1010 g/mol. The molecule has 1 spiro atoms. The lowest BCUT2D eigenvalue weighted by Crippen LogP contribution is -2.58. The van der Waals surface area contributed by atoms with E-state index in [0.717, 1.165) is 16.7 Å². The number of methoxy groups -OCH3 is 2. The second-order valence-corrected chi connectivity index (χ2v) is 21.1. The third kappa shape index (κ3) is 16.3. The highest BCUT2D eigenvalue weighted by molar-refractivity contribution is 7.46. The lowest BCUT2D eigenvalue weighted by atomic mass is 9.72. The molecule has 70 heavy (non-hydrogen) atoms. The molecule has 8 N–H and O–H groups in total. The van der Waals surface area contributed by atoms with E-state index in [9.17, 15) is 44.7 Å². The Labute approximate surface area is 414 Å². The molecule has 0 radical (unpaired) electrons. The standard InChI is InChI=1S/C50H81N4O15P/c1-29(20-22-51)16-14-17-30(2)32(4)24-33(5)42(57)35(7)38(55)25-41(65-13)45-46(69-70(61,62)63)49(8,9)50(68-45)26-39(56)34(6)40(67-50)19-15-18-36-27-66-48(53-36)31(3)21-23-52-47(60)44(59)43(58)37(28-64-12)54(10)11/h14-18,20,24,27,31,33-35,37-46,55-59H,19,21,23,25-26,28H2,1-13H3,(H,52,60)(H2,61,62,63)/b16-14+,18-15+,29-20+,30-17-,32-24+/t31-,33+,34-,35-,37-,38-,39+,40-,41-,42+,43-,44-,45+,46-,50+/m0/s1. The largest absolute Gasteiger partial charge is 0.469 e. The average Bonchev–Trinajstić information content (AvgIpc) is 3.84. The second kappa shape index (κ2) is 27.0.